The second-order valence-electron chi connectivity index (χ2n) is 3.40. The van der Waals surface area contributed by atoms with Crippen LogP contribution in [0.25, 0.3) is 0 Å². The molecule has 2 heteroatoms. The summed E-state index contributed by atoms with van der Waals surface area (Å²) in [6.45, 7) is 0.879. The van der Waals surface area contributed by atoms with Crippen molar-refractivity contribution in [2.45, 2.75) is 25.6 Å². The molecule has 1 N–H and O–H groups in total. The van der Waals surface area contributed by atoms with Crippen molar-refractivity contribution in [1.29, 1.82) is 0 Å². The van der Waals surface area contributed by atoms with Crippen molar-refractivity contribution in [3.05, 3.63) is 35.9 Å². The molecule has 1 atom stereocenters. The van der Waals surface area contributed by atoms with Gasteiger partial charge in [0.1, 0.15) is 0 Å². The number of aliphatic hydroxyl groups is 1. The molecule has 0 radical (unpaired) electrons. The molecule has 1 unspecified atom stereocenters. The van der Waals surface area contributed by atoms with E-state index in [9.17, 15) is 5.11 Å². The first-order chi connectivity index (χ1) is 7.33. The Morgan fingerprint density at radius 3 is 2.73 bits per heavy atom. The fourth-order valence-corrected chi connectivity index (χ4v) is 1.22. The molecule has 1 aromatic carbocycles. The van der Waals surface area contributed by atoms with Gasteiger partial charge in [-0.2, -0.15) is 0 Å². The van der Waals surface area contributed by atoms with Crippen LogP contribution in [0.2, 0.25) is 0 Å². The molecule has 0 aliphatic carbocycles. The van der Waals surface area contributed by atoms with Gasteiger partial charge in [-0.3, -0.25) is 0 Å². The number of benzene rings is 1. The fourth-order valence-electron chi connectivity index (χ4n) is 1.22. The lowest BCUT2D eigenvalue weighted by molar-refractivity contribution is 0.0253. The molecule has 2 nitrogen and oxygen atoms in total. The number of aliphatic hydroxyl groups excluding tert-OH is 1. The molecule has 0 aliphatic heterocycles. The van der Waals surface area contributed by atoms with Crippen LogP contribution in [0.1, 0.15) is 18.4 Å². The molecule has 0 aromatic heterocycles. The molecular weight excluding hydrogens is 188 g/mol. The number of terminal acetylenes is 1. The first kappa shape index (κ1) is 11.8. The van der Waals surface area contributed by atoms with E-state index < -0.39 is 6.10 Å². The second-order valence-corrected chi connectivity index (χ2v) is 3.40. The zero-order valence-corrected chi connectivity index (χ0v) is 8.73. The lowest BCUT2D eigenvalue weighted by Crippen LogP contribution is -2.14. The molecule has 1 aromatic rings. The Kier molecular flexibility index (Phi) is 5.54. The third-order valence-corrected chi connectivity index (χ3v) is 2.04. The second kappa shape index (κ2) is 7.05. The van der Waals surface area contributed by atoms with Crippen LogP contribution in [0.3, 0.4) is 0 Å². The van der Waals surface area contributed by atoms with E-state index in [0.29, 0.717) is 26.1 Å². The van der Waals surface area contributed by atoms with E-state index >= 15 is 0 Å². The van der Waals surface area contributed by atoms with Crippen LogP contribution in [0.15, 0.2) is 30.3 Å². The third kappa shape index (κ3) is 5.21. The summed E-state index contributed by atoms with van der Waals surface area (Å²) in [7, 11) is 0. The molecule has 0 saturated heterocycles. The van der Waals surface area contributed by atoms with E-state index in [-0.39, 0.29) is 0 Å². The Bertz CT molecular complexity index is 300. The molecule has 0 spiro atoms. The van der Waals surface area contributed by atoms with Gasteiger partial charge in [0.25, 0.3) is 0 Å². The molecule has 0 fully saturated rings. The van der Waals surface area contributed by atoms with Crippen LogP contribution < -0.4 is 0 Å². The molecule has 15 heavy (non-hydrogen) atoms. The van der Waals surface area contributed by atoms with Crippen LogP contribution in [0.5, 0.6) is 0 Å². The van der Waals surface area contributed by atoms with Gasteiger partial charge in [-0.25, -0.2) is 0 Å². The summed E-state index contributed by atoms with van der Waals surface area (Å²) < 4.78 is 5.36. The Balaban J connectivity index is 2.14. The molecule has 0 heterocycles. The minimum atomic E-state index is -0.454. The minimum Gasteiger partial charge on any atom is -0.391 e. The quantitative estimate of drug-likeness (QED) is 0.718. The van der Waals surface area contributed by atoms with Crippen molar-refractivity contribution in [3.8, 4) is 12.3 Å². The Hall–Kier alpha value is -1.30. The highest BCUT2D eigenvalue weighted by Gasteiger charge is 2.02. The molecule has 0 saturated carbocycles. The normalized spacial score (nSPS) is 12.0. The number of rotatable bonds is 6. The average Bonchev–Trinajstić information content (AvgIpc) is 2.28. The van der Waals surface area contributed by atoms with Gasteiger partial charge in [-0.15, -0.1) is 12.3 Å². The SMILES string of the molecule is C#CCCC(O)COCc1ccccc1. The highest BCUT2D eigenvalue weighted by atomic mass is 16.5. The summed E-state index contributed by atoms with van der Waals surface area (Å²) in [5, 5.41) is 9.44. The summed E-state index contributed by atoms with van der Waals surface area (Å²) in [5.74, 6) is 2.49. The van der Waals surface area contributed by atoms with Gasteiger partial charge in [0.15, 0.2) is 0 Å². The fraction of sp³-hybridized carbons (Fsp3) is 0.385. The van der Waals surface area contributed by atoms with Gasteiger partial charge in [0.05, 0.1) is 19.3 Å². The van der Waals surface area contributed by atoms with Crippen molar-refractivity contribution < 1.29 is 9.84 Å². The Morgan fingerprint density at radius 2 is 2.07 bits per heavy atom. The molecule has 1 rings (SSSR count). The number of ether oxygens (including phenoxy) is 1. The van der Waals surface area contributed by atoms with E-state index in [1.54, 1.807) is 0 Å². The molecule has 0 amide bonds. The predicted molar refractivity (Wildman–Crippen MR) is 60.2 cm³/mol. The van der Waals surface area contributed by atoms with Crippen LogP contribution >= 0.6 is 0 Å². The lowest BCUT2D eigenvalue weighted by atomic mass is 10.2. The van der Waals surface area contributed by atoms with Crippen LogP contribution in [-0.2, 0) is 11.3 Å². The summed E-state index contributed by atoms with van der Waals surface area (Å²) >= 11 is 0. The molecule has 0 bridgehead atoms. The van der Waals surface area contributed by atoms with Gasteiger partial charge < -0.3 is 9.84 Å². The van der Waals surface area contributed by atoms with E-state index in [0.717, 1.165) is 5.56 Å². The van der Waals surface area contributed by atoms with E-state index in [1.165, 1.54) is 0 Å². The van der Waals surface area contributed by atoms with Crippen molar-refractivity contribution in [1.82, 2.24) is 0 Å². The average molecular weight is 204 g/mol. The molecule has 80 valence electrons. The standard InChI is InChI=1S/C13H16O2/c1-2-3-9-13(14)11-15-10-12-7-5-4-6-8-12/h1,4-8,13-14H,3,9-11H2. The van der Waals surface area contributed by atoms with Crippen molar-refractivity contribution in [2.75, 3.05) is 6.61 Å². The number of hydrogen-bond donors (Lipinski definition) is 1. The predicted octanol–water partition coefficient (Wildman–Crippen LogP) is 1.98. The minimum absolute atomic E-state index is 0.344. The maximum atomic E-state index is 9.44. The smallest absolute Gasteiger partial charge is 0.0782 e. The summed E-state index contributed by atoms with van der Waals surface area (Å²) in [4.78, 5) is 0. The van der Waals surface area contributed by atoms with Gasteiger partial charge in [0, 0.05) is 6.42 Å². The monoisotopic (exact) mass is 204 g/mol. The van der Waals surface area contributed by atoms with Crippen molar-refractivity contribution >= 4 is 0 Å². The highest BCUT2D eigenvalue weighted by Crippen LogP contribution is 2.02. The molecular formula is C13H16O2. The molecule has 0 aliphatic rings. The Labute approximate surface area is 90.9 Å². The van der Waals surface area contributed by atoms with Gasteiger partial charge in [-0.1, -0.05) is 30.3 Å². The first-order valence-corrected chi connectivity index (χ1v) is 5.06. The largest absolute Gasteiger partial charge is 0.391 e. The van der Waals surface area contributed by atoms with Gasteiger partial charge in [0.2, 0.25) is 0 Å². The van der Waals surface area contributed by atoms with Crippen molar-refractivity contribution in [2.24, 2.45) is 0 Å². The van der Waals surface area contributed by atoms with Gasteiger partial charge >= 0.3 is 0 Å². The van der Waals surface area contributed by atoms with Crippen molar-refractivity contribution in [3.63, 3.8) is 0 Å². The topological polar surface area (TPSA) is 29.5 Å². The Morgan fingerprint density at radius 1 is 1.33 bits per heavy atom. The maximum absolute atomic E-state index is 9.44. The lowest BCUT2D eigenvalue weighted by Gasteiger charge is -2.09. The van der Waals surface area contributed by atoms with E-state index in [2.05, 4.69) is 5.92 Å². The number of hydrogen-bond acceptors (Lipinski definition) is 2. The van der Waals surface area contributed by atoms with Crippen LogP contribution in [-0.4, -0.2) is 17.8 Å². The zero-order chi connectivity index (χ0) is 10.9. The first-order valence-electron chi connectivity index (χ1n) is 5.06. The third-order valence-electron chi connectivity index (χ3n) is 2.04. The van der Waals surface area contributed by atoms with E-state index in [1.807, 2.05) is 30.3 Å². The van der Waals surface area contributed by atoms with Gasteiger partial charge in [-0.05, 0) is 12.0 Å². The van der Waals surface area contributed by atoms with Crippen LogP contribution in [0.4, 0.5) is 0 Å². The summed E-state index contributed by atoms with van der Waals surface area (Å²) in [6.07, 6.45) is 5.84. The summed E-state index contributed by atoms with van der Waals surface area (Å²) in [5.41, 5.74) is 1.11. The summed E-state index contributed by atoms with van der Waals surface area (Å²) in [6, 6.07) is 9.88. The maximum Gasteiger partial charge on any atom is 0.0782 e. The van der Waals surface area contributed by atoms with Crippen LogP contribution in [0, 0.1) is 12.3 Å². The zero-order valence-electron chi connectivity index (χ0n) is 8.73. The van der Waals surface area contributed by atoms with E-state index in [4.69, 9.17) is 11.2 Å². The highest BCUT2D eigenvalue weighted by molar-refractivity contribution is 5.13.